The SMILES string of the molecule is Cc1cc(=O)c2c(C)nn(-c3cccc(N)c3)c2o1. The Morgan fingerprint density at radius 3 is 2.79 bits per heavy atom. The zero-order valence-corrected chi connectivity index (χ0v) is 10.7. The molecule has 5 nitrogen and oxygen atoms in total. The fraction of sp³-hybridized carbons (Fsp3) is 0.143. The topological polar surface area (TPSA) is 74.0 Å². The Hall–Kier alpha value is -2.56. The highest BCUT2D eigenvalue weighted by Crippen LogP contribution is 2.21. The van der Waals surface area contributed by atoms with Gasteiger partial charge in [0.05, 0.1) is 11.4 Å². The van der Waals surface area contributed by atoms with Crippen LogP contribution in [0.15, 0.2) is 39.5 Å². The maximum atomic E-state index is 12.0. The molecule has 3 aromatic rings. The first-order valence-electron chi connectivity index (χ1n) is 5.92. The van der Waals surface area contributed by atoms with Gasteiger partial charge in [-0.1, -0.05) is 6.07 Å². The first kappa shape index (κ1) is 11.5. The molecule has 0 aliphatic rings. The molecule has 0 fully saturated rings. The second kappa shape index (κ2) is 3.98. The molecule has 0 atom stereocenters. The van der Waals surface area contributed by atoms with Crippen molar-refractivity contribution < 1.29 is 4.42 Å². The first-order chi connectivity index (χ1) is 9.06. The third-order valence-corrected chi connectivity index (χ3v) is 2.97. The Balaban J connectivity index is 2.40. The summed E-state index contributed by atoms with van der Waals surface area (Å²) in [7, 11) is 0. The monoisotopic (exact) mass is 255 g/mol. The number of hydrogen-bond donors (Lipinski definition) is 1. The number of nitrogens with two attached hydrogens (primary N) is 1. The number of anilines is 1. The molecule has 5 heteroatoms. The summed E-state index contributed by atoms with van der Waals surface area (Å²) in [4.78, 5) is 12.0. The van der Waals surface area contributed by atoms with Crippen molar-refractivity contribution in [3.8, 4) is 5.69 Å². The highest BCUT2D eigenvalue weighted by molar-refractivity contribution is 5.78. The zero-order valence-electron chi connectivity index (χ0n) is 10.7. The van der Waals surface area contributed by atoms with Crippen molar-refractivity contribution in [3.05, 3.63) is 52.0 Å². The van der Waals surface area contributed by atoms with E-state index in [4.69, 9.17) is 10.2 Å². The van der Waals surface area contributed by atoms with Crippen molar-refractivity contribution in [2.75, 3.05) is 5.73 Å². The Labute approximate surface area is 109 Å². The van der Waals surface area contributed by atoms with Crippen LogP contribution >= 0.6 is 0 Å². The second-order valence-electron chi connectivity index (χ2n) is 4.49. The molecule has 2 heterocycles. The van der Waals surface area contributed by atoms with Gasteiger partial charge < -0.3 is 10.2 Å². The van der Waals surface area contributed by atoms with Gasteiger partial charge >= 0.3 is 0 Å². The average molecular weight is 255 g/mol. The third-order valence-electron chi connectivity index (χ3n) is 2.97. The molecule has 0 saturated carbocycles. The molecule has 2 N–H and O–H groups in total. The van der Waals surface area contributed by atoms with Gasteiger partial charge in [-0.05, 0) is 32.0 Å². The number of hydrogen-bond acceptors (Lipinski definition) is 4. The van der Waals surface area contributed by atoms with Gasteiger partial charge in [-0.3, -0.25) is 4.79 Å². The lowest BCUT2D eigenvalue weighted by molar-refractivity contribution is 0.539. The molecule has 1 aromatic carbocycles. The summed E-state index contributed by atoms with van der Waals surface area (Å²) in [5.74, 6) is 0.558. The number of rotatable bonds is 1. The van der Waals surface area contributed by atoms with Crippen LogP contribution < -0.4 is 11.2 Å². The van der Waals surface area contributed by atoms with E-state index in [9.17, 15) is 4.79 Å². The van der Waals surface area contributed by atoms with Crippen LogP contribution in [0.25, 0.3) is 16.8 Å². The molecule has 0 unspecified atom stereocenters. The normalized spacial score (nSPS) is 11.1. The Morgan fingerprint density at radius 1 is 1.26 bits per heavy atom. The van der Waals surface area contributed by atoms with Crippen LogP contribution in [0.4, 0.5) is 5.69 Å². The summed E-state index contributed by atoms with van der Waals surface area (Å²) in [6.45, 7) is 3.53. The number of benzene rings is 1. The summed E-state index contributed by atoms with van der Waals surface area (Å²) in [6, 6.07) is 8.75. The lowest BCUT2D eigenvalue weighted by Gasteiger charge is -2.03. The molecule has 96 valence electrons. The van der Waals surface area contributed by atoms with Gasteiger partial charge in [0.1, 0.15) is 11.1 Å². The fourth-order valence-electron chi connectivity index (χ4n) is 2.15. The lowest BCUT2D eigenvalue weighted by Crippen LogP contribution is -2.02. The van der Waals surface area contributed by atoms with Gasteiger partial charge in [-0.2, -0.15) is 9.78 Å². The van der Waals surface area contributed by atoms with E-state index in [1.807, 2.05) is 12.1 Å². The van der Waals surface area contributed by atoms with E-state index in [0.29, 0.717) is 28.2 Å². The molecular weight excluding hydrogens is 242 g/mol. The van der Waals surface area contributed by atoms with Crippen LogP contribution in [0.5, 0.6) is 0 Å². The third kappa shape index (κ3) is 1.79. The standard InChI is InChI=1S/C14H13N3O2/c1-8-6-12(18)13-9(2)16-17(14(13)19-8)11-5-3-4-10(15)7-11/h3-7H,15H2,1-2H3. The Morgan fingerprint density at radius 2 is 2.05 bits per heavy atom. The number of fused-ring (bicyclic) bond motifs is 1. The van der Waals surface area contributed by atoms with Gasteiger partial charge in [-0.25, -0.2) is 0 Å². The molecule has 19 heavy (non-hydrogen) atoms. The van der Waals surface area contributed by atoms with Gasteiger partial charge in [0.15, 0.2) is 5.43 Å². The van der Waals surface area contributed by atoms with Crippen molar-refractivity contribution in [1.82, 2.24) is 9.78 Å². The van der Waals surface area contributed by atoms with Crippen LogP contribution in [-0.2, 0) is 0 Å². The predicted octanol–water partition coefficient (Wildman–Crippen LogP) is 2.18. The summed E-state index contributed by atoms with van der Waals surface area (Å²) < 4.78 is 7.25. The molecule has 0 saturated heterocycles. The van der Waals surface area contributed by atoms with Gasteiger partial charge in [0, 0.05) is 11.8 Å². The van der Waals surface area contributed by atoms with E-state index >= 15 is 0 Å². The summed E-state index contributed by atoms with van der Waals surface area (Å²) in [5, 5.41) is 4.88. The van der Waals surface area contributed by atoms with Crippen LogP contribution in [0.1, 0.15) is 11.5 Å². The van der Waals surface area contributed by atoms with Gasteiger partial charge in [-0.15, -0.1) is 0 Å². The van der Waals surface area contributed by atoms with Crippen LogP contribution in [0.2, 0.25) is 0 Å². The van der Waals surface area contributed by atoms with E-state index in [2.05, 4.69) is 5.10 Å². The molecule has 0 radical (unpaired) electrons. The van der Waals surface area contributed by atoms with Crippen molar-refractivity contribution >= 4 is 16.8 Å². The minimum absolute atomic E-state index is 0.0774. The van der Waals surface area contributed by atoms with E-state index in [1.165, 1.54) is 6.07 Å². The van der Waals surface area contributed by atoms with E-state index in [0.717, 1.165) is 5.69 Å². The first-order valence-corrected chi connectivity index (χ1v) is 5.92. The van der Waals surface area contributed by atoms with Crippen LogP contribution in [-0.4, -0.2) is 9.78 Å². The van der Waals surface area contributed by atoms with Gasteiger partial charge in [0.25, 0.3) is 0 Å². The average Bonchev–Trinajstić information content (AvgIpc) is 2.66. The zero-order chi connectivity index (χ0) is 13.6. The molecule has 0 bridgehead atoms. The molecular formula is C14H13N3O2. The number of aryl methyl sites for hydroxylation is 2. The van der Waals surface area contributed by atoms with E-state index < -0.39 is 0 Å². The molecule has 0 amide bonds. The lowest BCUT2D eigenvalue weighted by atomic mass is 10.2. The highest BCUT2D eigenvalue weighted by atomic mass is 16.3. The maximum absolute atomic E-state index is 12.0. The van der Waals surface area contributed by atoms with Crippen LogP contribution in [0, 0.1) is 13.8 Å². The summed E-state index contributed by atoms with van der Waals surface area (Å²) in [6.07, 6.45) is 0. The number of aromatic nitrogens is 2. The van der Waals surface area contributed by atoms with E-state index in [1.54, 1.807) is 30.7 Å². The largest absolute Gasteiger partial charge is 0.443 e. The number of nitrogen functional groups attached to an aromatic ring is 1. The summed E-state index contributed by atoms with van der Waals surface area (Å²) >= 11 is 0. The van der Waals surface area contributed by atoms with Crippen LogP contribution in [0.3, 0.4) is 0 Å². The minimum atomic E-state index is -0.0774. The summed E-state index contributed by atoms with van der Waals surface area (Å²) in [5.41, 5.74) is 8.20. The van der Waals surface area contributed by atoms with Crippen molar-refractivity contribution in [2.24, 2.45) is 0 Å². The second-order valence-corrected chi connectivity index (χ2v) is 4.49. The molecule has 3 rings (SSSR count). The molecule has 2 aromatic heterocycles. The van der Waals surface area contributed by atoms with E-state index in [-0.39, 0.29) is 5.43 Å². The molecule has 0 aliphatic carbocycles. The minimum Gasteiger partial charge on any atom is -0.443 e. The maximum Gasteiger partial charge on any atom is 0.233 e. The van der Waals surface area contributed by atoms with Gasteiger partial charge in [0.2, 0.25) is 5.71 Å². The van der Waals surface area contributed by atoms with Crippen molar-refractivity contribution in [1.29, 1.82) is 0 Å². The van der Waals surface area contributed by atoms with Crippen molar-refractivity contribution in [2.45, 2.75) is 13.8 Å². The smallest absolute Gasteiger partial charge is 0.233 e. The predicted molar refractivity (Wildman–Crippen MR) is 73.5 cm³/mol. The number of nitrogens with zero attached hydrogens (tertiary/aromatic N) is 2. The quantitative estimate of drug-likeness (QED) is 0.676. The Bertz CT molecular complexity index is 830. The molecule has 0 spiro atoms. The Kier molecular flexibility index (Phi) is 2.41. The fourth-order valence-corrected chi connectivity index (χ4v) is 2.15. The highest BCUT2D eigenvalue weighted by Gasteiger charge is 2.15. The van der Waals surface area contributed by atoms with Crippen molar-refractivity contribution in [3.63, 3.8) is 0 Å². The molecule has 0 aliphatic heterocycles.